The van der Waals surface area contributed by atoms with Gasteiger partial charge < -0.3 is 9.87 Å². The Morgan fingerprint density at radius 2 is 2.28 bits per heavy atom. The molecule has 1 aliphatic rings. The van der Waals surface area contributed by atoms with Crippen molar-refractivity contribution in [2.24, 2.45) is 4.40 Å². The third-order valence-corrected chi connectivity index (χ3v) is 5.74. The molecule has 3 rings (SSSR count). The van der Waals surface area contributed by atoms with E-state index in [4.69, 9.17) is 11.6 Å². The van der Waals surface area contributed by atoms with E-state index in [2.05, 4.69) is 9.71 Å². The summed E-state index contributed by atoms with van der Waals surface area (Å²) in [7, 11) is 0. The second-order valence-corrected chi connectivity index (χ2v) is 7.43. The summed E-state index contributed by atoms with van der Waals surface area (Å²) in [4.78, 5) is 13.5. The van der Waals surface area contributed by atoms with Crippen LogP contribution < -0.4 is 5.32 Å². The molecule has 1 N–H and O–H groups in total. The fourth-order valence-electron chi connectivity index (χ4n) is 2.21. The lowest BCUT2D eigenvalue weighted by atomic mass is 10.2. The summed E-state index contributed by atoms with van der Waals surface area (Å²) in [6.45, 7) is 2.12. The second kappa shape index (κ2) is 7.57. The number of anilines is 1. The zero-order chi connectivity index (χ0) is 18.0. The molecule has 1 aromatic carbocycles. The lowest BCUT2D eigenvalue weighted by molar-refractivity contribution is -0.113. The van der Waals surface area contributed by atoms with Gasteiger partial charge in [-0.1, -0.05) is 17.7 Å². The van der Waals surface area contributed by atoms with Gasteiger partial charge in [0, 0.05) is 11.8 Å². The Labute approximate surface area is 156 Å². The van der Waals surface area contributed by atoms with E-state index in [1.807, 2.05) is 17.5 Å². The van der Waals surface area contributed by atoms with E-state index in [-0.39, 0.29) is 10.7 Å². The predicted molar refractivity (Wildman–Crippen MR) is 99.5 cm³/mol. The lowest BCUT2D eigenvalue weighted by Gasteiger charge is -2.25. The maximum atomic E-state index is 13.2. The van der Waals surface area contributed by atoms with Crippen LogP contribution in [0.25, 0.3) is 0 Å². The highest BCUT2D eigenvalue weighted by Crippen LogP contribution is 2.25. The van der Waals surface area contributed by atoms with Crippen LogP contribution in [-0.2, 0) is 16.3 Å². The SMILES string of the molecule is CCN1C(C(=O)Nc2ccc(F)c(Cl)c2)=CC(c2cccs2)=N[S+]1[O-]. The molecular formula is C16H13ClFN3O2S2. The van der Waals surface area contributed by atoms with Crippen LogP contribution >= 0.6 is 22.9 Å². The third kappa shape index (κ3) is 3.87. The van der Waals surface area contributed by atoms with Crippen LogP contribution in [-0.4, -0.2) is 27.0 Å². The molecule has 0 saturated carbocycles. The monoisotopic (exact) mass is 397 g/mol. The van der Waals surface area contributed by atoms with Crippen molar-refractivity contribution in [3.8, 4) is 0 Å². The Hall–Kier alpha value is -1.87. The van der Waals surface area contributed by atoms with Crippen molar-refractivity contribution < 1.29 is 13.7 Å². The number of rotatable bonds is 4. The number of hydrogen-bond acceptors (Lipinski definition) is 5. The van der Waals surface area contributed by atoms with Gasteiger partial charge in [-0.2, -0.15) is 4.31 Å². The van der Waals surface area contributed by atoms with Crippen molar-refractivity contribution in [3.05, 3.63) is 63.2 Å². The third-order valence-electron chi connectivity index (χ3n) is 3.38. The summed E-state index contributed by atoms with van der Waals surface area (Å²) in [6, 6.07) is 7.59. The molecule has 0 radical (unpaired) electrons. The van der Waals surface area contributed by atoms with E-state index < -0.39 is 23.3 Å². The molecule has 2 heterocycles. The minimum Gasteiger partial charge on any atom is -0.566 e. The van der Waals surface area contributed by atoms with E-state index in [1.54, 1.807) is 13.0 Å². The number of hydrogen-bond donors (Lipinski definition) is 1. The van der Waals surface area contributed by atoms with Gasteiger partial charge in [0.05, 0.1) is 16.4 Å². The molecule has 0 saturated heterocycles. The van der Waals surface area contributed by atoms with Gasteiger partial charge >= 0.3 is 0 Å². The molecule has 25 heavy (non-hydrogen) atoms. The Morgan fingerprint density at radius 3 is 2.92 bits per heavy atom. The van der Waals surface area contributed by atoms with Gasteiger partial charge in [0.25, 0.3) is 5.91 Å². The summed E-state index contributed by atoms with van der Waals surface area (Å²) in [5, 5.41) is 4.43. The fourth-order valence-corrected chi connectivity index (χ4v) is 4.08. The molecule has 0 bridgehead atoms. The highest BCUT2D eigenvalue weighted by molar-refractivity contribution is 7.88. The molecule has 0 spiro atoms. The van der Waals surface area contributed by atoms with Crippen LogP contribution in [0.5, 0.6) is 0 Å². The molecule has 1 amide bonds. The molecule has 2 aromatic rings. The molecule has 5 nitrogen and oxygen atoms in total. The van der Waals surface area contributed by atoms with Crippen LogP contribution in [0.15, 0.2) is 51.9 Å². The van der Waals surface area contributed by atoms with Crippen molar-refractivity contribution in [1.29, 1.82) is 0 Å². The maximum absolute atomic E-state index is 13.2. The van der Waals surface area contributed by atoms with Gasteiger partial charge in [0.15, 0.2) is 5.70 Å². The summed E-state index contributed by atoms with van der Waals surface area (Å²) < 4.78 is 31.1. The van der Waals surface area contributed by atoms with E-state index in [9.17, 15) is 13.7 Å². The van der Waals surface area contributed by atoms with Crippen molar-refractivity contribution in [1.82, 2.24) is 4.31 Å². The predicted octanol–water partition coefficient (Wildman–Crippen LogP) is 3.77. The Morgan fingerprint density at radius 1 is 1.48 bits per heavy atom. The van der Waals surface area contributed by atoms with Crippen LogP contribution in [0.4, 0.5) is 10.1 Å². The number of thiophene rings is 1. The number of likely N-dealkylation sites (N-methyl/N-ethyl adjacent to an activating group) is 1. The number of halogens is 2. The van der Waals surface area contributed by atoms with Crippen LogP contribution in [0, 0.1) is 5.82 Å². The van der Waals surface area contributed by atoms with Gasteiger partial charge in [-0.15, -0.1) is 11.3 Å². The minimum absolute atomic E-state index is 0.0906. The quantitative estimate of drug-likeness (QED) is 0.798. The number of benzene rings is 1. The maximum Gasteiger partial charge on any atom is 0.276 e. The number of carbonyl (C=O) groups excluding carboxylic acids is 1. The zero-order valence-electron chi connectivity index (χ0n) is 13.0. The van der Waals surface area contributed by atoms with Crippen molar-refractivity contribution in [2.75, 3.05) is 11.9 Å². The number of allylic oxidation sites excluding steroid dienone is 1. The first kappa shape index (κ1) is 17.9. The molecular weight excluding hydrogens is 385 g/mol. The largest absolute Gasteiger partial charge is 0.566 e. The molecule has 9 heteroatoms. The molecule has 1 atom stereocenters. The van der Waals surface area contributed by atoms with Gasteiger partial charge in [0.2, 0.25) is 11.5 Å². The summed E-state index contributed by atoms with van der Waals surface area (Å²) in [5.41, 5.74) is 1.05. The van der Waals surface area contributed by atoms with Crippen LogP contribution in [0.2, 0.25) is 5.02 Å². The molecule has 1 unspecified atom stereocenters. The average molecular weight is 398 g/mol. The summed E-state index contributed by atoms with van der Waals surface area (Å²) in [5.74, 6) is -1.04. The lowest BCUT2D eigenvalue weighted by Crippen LogP contribution is -2.38. The second-order valence-electron chi connectivity index (χ2n) is 4.99. The number of amides is 1. The fraction of sp³-hybridized carbons (Fsp3) is 0.125. The van der Waals surface area contributed by atoms with Crippen molar-refractivity contribution >= 4 is 51.8 Å². The Kier molecular flexibility index (Phi) is 5.43. The molecule has 130 valence electrons. The van der Waals surface area contributed by atoms with E-state index in [1.165, 1.54) is 33.8 Å². The van der Waals surface area contributed by atoms with Crippen LogP contribution in [0.3, 0.4) is 0 Å². The van der Waals surface area contributed by atoms with E-state index in [0.717, 1.165) is 4.88 Å². The molecule has 0 fully saturated rings. The normalized spacial score (nSPS) is 17.1. The first-order chi connectivity index (χ1) is 12.0. The van der Waals surface area contributed by atoms with Crippen molar-refractivity contribution in [2.45, 2.75) is 6.92 Å². The summed E-state index contributed by atoms with van der Waals surface area (Å²) >= 11 is 5.48. The molecule has 1 aromatic heterocycles. The number of nitrogens with one attached hydrogen (secondary N) is 1. The van der Waals surface area contributed by atoms with Gasteiger partial charge in [-0.3, -0.25) is 4.79 Å². The number of nitrogens with zero attached hydrogens (tertiary/aromatic N) is 2. The van der Waals surface area contributed by atoms with Gasteiger partial charge in [0.1, 0.15) is 11.5 Å². The highest BCUT2D eigenvalue weighted by Gasteiger charge is 2.32. The minimum atomic E-state index is -1.70. The Balaban J connectivity index is 1.89. The van der Waals surface area contributed by atoms with Crippen LogP contribution in [0.1, 0.15) is 11.8 Å². The first-order valence-corrected chi connectivity index (χ1v) is 9.62. The Bertz CT molecular complexity index is 855. The standard InChI is InChI=1S/C16H13ClFN3O2S2/c1-2-21-14(9-13(20-25(21)23)15-4-3-7-24-15)16(22)19-10-5-6-12(18)11(17)8-10/h3-9H,2H2,1H3,(H,19,22). The average Bonchev–Trinajstić information content (AvgIpc) is 3.12. The summed E-state index contributed by atoms with van der Waals surface area (Å²) in [6.07, 6.45) is 1.59. The topological polar surface area (TPSA) is 67.8 Å². The van der Waals surface area contributed by atoms with E-state index in [0.29, 0.717) is 17.9 Å². The highest BCUT2D eigenvalue weighted by atomic mass is 35.5. The zero-order valence-corrected chi connectivity index (χ0v) is 15.4. The number of carbonyl (C=O) groups is 1. The van der Waals surface area contributed by atoms with Crippen molar-refractivity contribution in [3.63, 3.8) is 0 Å². The van der Waals surface area contributed by atoms with E-state index >= 15 is 0 Å². The molecule has 1 aliphatic heterocycles. The smallest absolute Gasteiger partial charge is 0.276 e. The first-order valence-electron chi connectivity index (χ1n) is 7.30. The molecule has 0 aliphatic carbocycles. The van der Waals surface area contributed by atoms with Gasteiger partial charge in [-0.25, -0.2) is 4.39 Å². The van der Waals surface area contributed by atoms with Gasteiger partial charge in [-0.05, 0) is 41.0 Å².